The molecule has 7 heteroatoms. The largest absolute Gasteiger partial charge is 0.490 e. The van der Waals surface area contributed by atoms with Gasteiger partial charge in [-0.3, -0.25) is 0 Å². The molecule has 0 atom stereocenters. The van der Waals surface area contributed by atoms with Crippen molar-refractivity contribution < 1.29 is 4.74 Å². The molecular weight excluding hydrogens is 232 g/mol. The number of aromatic nitrogens is 2. The van der Waals surface area contributed by atoms with Gasteiger partial charge in [-0.15, -0.1) is 0 Å². The maximum Gasteiger partial charge on any atom is 0.205 e. The van der Waals surface area contributed by atoms with Gasteiger partial charge in [0.2, 0.25) is 5.75 Å². The number of hydrogen-bond donors (Lipinski definition) is 2. The molecule has 1 aliphatic rings. The van der Waals surface area contributed by atoms with Crippen LogP contribution in [0.4, 0.5) is 11.6 Å². The highest BCUT2D eigenvalue weighted by atomic mass is 16.5. The SMILES string of the molecule is CCN1CCN(c2ncnc(NN)c2OC)CC1. The molecule has 1 aromatic heterocycles. The first-order chi connectivity index (χ1) is 8.80. The van der Waals surface area contributed by atoms with Gasteiger partial charge < -0.3 is 20.0 Å². The van der Waals surface area contributed by atoms with Gasteiger partial charge in [-0.05, 0) is 6.54 Å². The van der Waals surface area contributed by atoms with Crippen molar-refractivity contribution in [1.29, 1.82) is 0 Å². The molecule has 2 rings (SSSR count). The minimum Gasteiger partial charge on any atom is -0.490 e. The number of piperazine rings is 1. The topological polar surface area (TPSA) is 79.5 Å². The van der Waals surface area contributed by atoms with E-state index in [0.29, 0.717) is 11.6 Å². The van der Waals surface area contributed by atoms with E-state index in [1.165, 1.54) is 6.33 Å². The Morgan fingerprint density at radius 3 is 2.61 bits per heavy atom. The van der Waals surface area contributed by atoms with E-state index in [4.69, 9.17) is 10.6 Å². The second-order valence-electron chi connectivity index (χ2n) is 4.14. The van der Waals surface area contributed by atoms with Crippen LogP contribution >= 0.6 is 0 Å². The van der Waals surface area contributed by atoms with Crippen LogP contribution in [0.3, 0.4) is 0 Å². The number of rotatable bonds is 4. The third-order valence-electron chi connectivity index (χ3n) is 3.24. The summed E-state index contributed by atoms with van der Waals surface area (Å²) in [5.74, 6) is 7.34. The number of nitrogens with two attached hydrogens (primary N) is 1. The van der Waals surface area contributed by atoms with E-state index in [0.717, 1.165) is 38.5 Å². The first-order valence-corrected chi connectivity index (χ1v) is 6.13. The van der Waals surface area contributed by atoms with Gasteiger partial charge >= 0.3 is 0 Å². The smallest absolute Gasteiger partial charge is 0.205 e. The summed E-state index contributed by atoms with van der Waals surface area (Å²) in [6, 6.07) is 0. The molecule has 1 saturated heterocycles. The Hall–Kier alpha value is -1.60. The highest BCUT2D eigenvalue weighted by Crippen LogP contribution is 2.31. The first-order valence-electron chi connectivity index (χ1n) is 6.13. The minimum absolute atomic E-state index is 0.514. The fraction of sp³-hybridized carbons (Fsp3) is 0.636. The van der Waals surface area contributed by atoms with Crippen LogP contribution < -0.4 is 20.9 Å². The van der Waals surface area contributed by atoms with Crippen molar-refractivity contribution in [2.24, 2.45) is 5.84 Å². The van der Waals surface area contributed by atoms with Crippen LogP contribution in [-0.2, 0) is 0 Å². The van der Waals surface area contributed by atoms with E-state index in [1.54, 1.807) is 7.11 Å². The summed E-state index contributed by atoms with van der Waals surface area (Å²) in [6.07, 6.45) is 1.50. The van der Waals surface area contributed by atoms with Crippen molar-refractivity contribution in [1.82, 2.24) is 14.9 Å². The van der Waals surface area contributed by atoms with E-state index >= 15 is 0 Å². The van der Waals surface area contributed by atoms with Gasteiger partial charge in [-0.2, -0.15) is 0 Å². The lowest BCUT2D eigenvalue weighted by atomic mass is 10.3. The number of anilines is 2. The zero-order valence-corrected chi connectivity index (χ0v) is 10.9. The molecule has 7 nitrogen and oxygen atoms in total. The van der Waals surface area contributed by atoms with Crippen molar-refractivity contribution in [3.63, 3.8) is 0 Å². The van der Waals surface area contributed by atoms with Gasteiger partial charge in [0.1, 0.15) is 6.33 Å². The van der Waals surface area contributed by atoms with Crippen LogP contribution in [0.25, 0.3) is 0 Å². The fourth-order valence-corrected chi connectivity index (χ4v) is 2.16. The van der Waals surface area contributed by atoms with Crippen LogP contribution in [0.2, 0.25) is 0 Å². The molecule has 0 aliphatic carbocycles. The summed E-state index contributed by atoms with van der Waals surface area (Å²) in [5.41, 5.74) is 2.53. The van der Waals surface area contributed by atoms with Crippen molar-refractivity contribution in [3.05, 3.63) is 6.33 Å². The normalized spacial score (nSPS) is 16.7. The Kier molecular flexibility index (Phi) is 4.16. The minimum atomic E-state index is 0.514. The predicted octanol–water partition coefficient (Wildman–Crippen LogP) is -0.0873. The highest BCUT2D eigenvalue weighted by molar-refractivity contribution is 5.64. The molecule has 1 fully saturated rings. The monoisotopic (exact) mass is 252 g/mol. The van der Waals surface area contributed by atoms with Gasteiger partial charge in [0, 0.05) is 26.2 Å². The van der Waals surface area contributed by atoms with Crippen molar-refractivity contribution in [2.45, 2.75) is 6.92 Å². The second kappa shape index (κ2) is 5.83. The van der Waals surface area contributed by atoms with Gasteiger partial charge in [-0.1, -0.05) is 6.92 Å². The number of nitrogens with one attached hydrogen (secondary N) is 1. The number of hydrazine groups is 1. The Bertz CT molecular complexity index is 391. The maximum absolute atomic E-state index is 5.42. The molecule has 100 valence electrons. The lowest BCUT2D eigenvalue weighted by molar-refractivity contribution is 0.269. The molecule has 1 aromatic rings. The molecule has 18 heavy (non-hydrogen) atoms. The van der Waals surface area contributed by atoms with Crippen LogP contribution in [0.1, 0.15) is 6.92 Å². The number of hydrogen-bond acceptors (Lipinski definition) is 7. The van der Waals surface area contributed by atoms with Crippen LogP contribution in [-0.4, -0.2) is 54.7 Å². The third kappa shape index (κ3) is 2.46. The Morgan fingerprint density at radius 1 is 1.33 bits per heavy atom. The average molecular weight is 252 g/mol. The quantitative estimate of drug-likeness (QED) is 0.572. The molecule has 0 radical (unpaired) electrons. The average Bonchev–Trinajstić information content (AvgIpc) is 2.46. The van der Waals surface area contributed by atoms with E-state index in [2.05, 4.69) is 32.1 Å². The molecule has 0 saturated carbocycles. The molecule has 2 heterocycles. The maximum atomic E-state index is 5.42. The lowest BCUT2D eigenvalue weighted by Crippen LogP contribution is -2.46. The zero-order valence-electron chi connectivity index (χ0n) is 10.9. The number of ether oxygens (including phenoxy) is 1. The Morgan fingerprint density at radius 2 is 2.06 bits per heavy atom. The molecule has 1 aliphatic heterocycles. The van der Waals surface area contributed by atoms with Gasteiger partial charge in [0.25, 0.3) is 0 Å². The molecule has 3 N–H and O–H groups in total. The summed E-state index contributed by atoms with van der Waals surface area (Å²) < 4.78 is 5.35. The van der Waals surface area contributed by atoms with Gasteiger partial charge in [-0.25, -0.2) is 15.8 Å². The molecule has 0 unspecified atom stereocenters. The fourth-order valence-electron chi connectivity index (χ4n) is 2.16. The number of nitrogens with zero attached hydrogens (tertiary/aromatic N) is 4. The molecule has 0 bridgehead atoms. The predicted molar refractivity (Wildman–Crippen MR) is 70.7 cm³/mol. The number of methoxy groups -OCH3 is 1. The highest BCUT2D eigenvalue weighted by Gasteiger charge is 2.21. The standard InChI is InChI=1S/C11H20N6O/c1-3-16-4-6-17(7-5-16)11-9(18-2)10(15-12)13-8-14-11/h8H,3-7,12H2,1-2H3,(H,13,14,15). The van der Waals surface area contributed by atoms with Gasteiger partial charge in [0.15, 0.2) is 11.6 Å². The second-order valence-corrected chi connectivity index (χ2v) is 4.14. The summed E-state index contributed by atoms with van der Waals surface area (Å²) in [6.45, 7) is 7.21. The van der Waals surface area contributed by atoms with Crippen LogP contribution in [0, 0.1) is 0 Å². The summed E-state index contributed by atoms with van der Waals surface area (Å²) in [7, 11) is 1.60. The summed E-state index contributed by atoms with van der Waals surface area (Å²) in [5, 5.41) is 0. The number of likely N-dealkylation sites (N-methyl/N-ethyl adjacent to an activating group) is 1. The third-order valence-corrected chi connectivity index (χ3v) is 3.24. The van der Waals surface area contributed by atoms with E-state index in [9.17, 15) is 0 Å². The van der Waals surface area contributed by atoms with Crippen LogP contribution in [0.15, 0.2) is 6.33 Å². The van der Waals surface area contributed by atoms with Gasteiger partial charge in [0.05, 0.1) is 7.11 Å². The Balaban J connectivity index is 2.18. The van der Waals surface area contributed by atoms with Crippen LogP contribution in [0.5, 0.6) is 5.75 Å². The zero-order chi connectivity index (χ0) is 13.0. The van der Waals surface area contributed by atoms with Crippen molar-refractivity contribution in [3.8, 4) is 5.75 Å². The molecule has 0 spiro atoms. The molecule has 0 amide bonds. The summed E-state index contributed by atoms with van der Waals surface area (Å²) >= 11 is 0. The number of nitrogen functional groups attached to an aromatic ring is 1. The molecular formula is C11H20N6O. The van der Waals surface area contributed by atoms with E-state index < -0.39 is 0 Å². The summed E-state index contributed by atoms with van der Waals surface area (Å²) in [4.78, 5) is 13.0. The Labute approximate surface area is 107 Å². The molecule has 0 aromatic carbocycles. The van der Waals surface area contributed by atoms with E-state index in [1.807, 2.05) is 0 Å². The van der Waals surface area contributed by atoms with E-state index in [-0.39, 0.29) is 0 Å². The van der Waals surface area contributed by atoms with Crippen molar-refractivity contribution >= 4 is 11.6 Å². The van der Waals surface area contributed by atoms with Crippen molar-refractivity contribution in [2.75, 3.05) is 50.2 Å². The lowest BCUT2D eigenvalue weighted by Gasteiger charge is -2.35. The first kappa shape index (κ1) is 12.8.